The van der Waals surface area contributed by atoms with Gasteiger partial charge >= 0.3 is 0 Å². The highest BCUT2D eigenvalue weighted by Gasteiger charge is 2.26. The maximum atomic E-state index is 12.3. The molecular weight excluding hydrogens is 315 g/mol. The minimum absolute atomic E-state index is 0.0741. The molecule has 0 saturated carbocycles. The Morgan fingerprint density at radius 3 is 2.29 bits per heavy atom. The topological polar surface area (TPSA) is 85.3 Å². The smallest absolute Gasteiger partial charge is 0.260 e. The molecule has 2 aromatic heterocycles. The van der Waals surface area contributed by atoms with Crippen LogP contribution in [0, 0.1) is 0 Å². The van der Waals surface area contributed by atoms with Gasteiger partial charge in [0.2, 0.25) is 0 Å². The van der Waals surface area contributed by atoms with Crippen LogP contribution in [0.25, 0.3) is 11.2 Å². The van der Waals surface area contributed by atoms with Crippen molar-refractivity contribution in [1.29, 1.82) is 0 Å². The van der Waals surface area contributed by atoms with Gasteiger partial charge in [0.15, 0.2) is 0 Å². The van der Waals surface area contributed by atoms with Gasteiger partial charge in [0.05, 0.1) is 21.2 Å². The fraction of sp³-hybridized carbons (Fsp3) is 0. The molecule has 2 bridgehead atoms. The minimum Gasteiger partial charge on any atom is -0.456 e. The lowest BCUT2D eigenvalue weighted by Crippen LogP contribution is -2.19. The number of nitrogens with one attached hydrogen (secondary N) is 1. The molecule has 0 aliphatic heterocycles. The Labute approximate surface area is 128 Å². The summed E-state index contributed by atoms with van der Waals surface area (Å²) in [5.41, 5.74) is 6.52. The van der Waals surface area contributed by atoms with Crippen LogP contribution in [-0.2, 0) is 0 Å². The fourth-order valence-corrected chi connectivity index (χ4v) is 2.39. The lowest BCUT2D eigenvalue weighted by atomic mass is 10.1. The maximum Gasteiger partial charge on any atom is 0.260 e. The van der Waals surface area contributed by atoms with E-state index in [1.807, 2.05) is 0 Å². The molecule has 0 saturated heterocycles. The summed E-state index contributed by atoms with van der Waals surface area (Å²) in [6.45, 7) is 0. The molecule has 1 aromatic carbocycles. The highest BCUT2D eigenvalue weighted by Crippen LogP contribution is 2.30. The van der Waals surface area contributed by atoms with E-state index in [4.69, 9.17) is 33.4 Å². The van der Waals surface area contributed by atoms with Crippen molar-refractivity contribution in [1.82, 2.24) is 0 Å². The second-order valence-corrected chi connectivity index (χ2v) is 5.18. The number of carbonyl (C=O) groups excluding carboxylic acids is 2. The Morgan fingerprint density at radius 2 is 1.67 bits per heavy atom. The number of hydrogen-bond acceptors (Lipinski definition) is 3. The van der Waals surface area contributed by atoms with Crippen LogP contribution in [-0.4, -0.2) is 11.8 Å². The molecule has 106 valence electrons. The van der Waals surface area contributed by atoms with E-state index in [9.17, 15) is 9.59 Å². The van der Waals surface area contributed by atoms with E-state index in [-0.39, 0.29) is 16.7 Å². The van der Waals surface area contributed by atoms with E-state index >= 15 is 0 Å². The molecule has 3 aromatic rings. The Bertz CT molecular complexity index is 857. The third-order valence-corrected chi connectivity index (χ3v) is 3.74. The number of furan rings is 2. The number of benzene rings is 2. The van der Waals surface area contributed by atoms with Gasteiger partial charge in [-0.15, -0.1) is 0 Å². The van der Waals surface area contributed by atoms with Crippen molar-refractivity contribution in [2.24, 2.45) is 5.73 Å². The van der Waals surface area contributed by atoms with E-state index in [1.54, 1.807) is 24.3 Å². The first-order valence-corrected chi connectivity index (χ1v) is 6.64. The molecule has 0 aliphatic carbocycles. The van der Waals surface area contributed by atoms with Crippen LogP contribution in [0.2, 0.25) is 10.0 Å². The average molecular weight is 323 g/mol. The second-order valence-electron chi connectivity index (χ2n) is 4.36. The second kappa shape index (κ2) is 4.95. The quantitative estimate of drug-likeness (QED) is 0.773. The summed E-state index contributed by atoms with van der Waals surface area (Å²) in [5.74, 6) is -1.22. The van der Waals surface area contributed by atoms with Crippen molar-refractivity contribution < 1.29 is 14.0 Å². The van der Waals surface area contributed by atoms with Crippen molar-refractivity contribution in [3.63, 3.8) is 0 Å². The predicted molar refractivity (Wildman–Crippen MR) is 80.3 cm³/mol. The van der Waals surface area contributed by atoms with Gasteiger partial charge in [0.1, 0.15) is 11.2 Å². The third-order valence-electron chi connectivity index (χ3n) is 3.00. The van der Waals surface area contributed by atoms with Crippen molar-refractivity contribution >= 4 is 51.9 Å². The molecule has 5 nitrogen and oxygen atoms in total. The number of nitrogens with two attached hydrogens (primary N) is 1. The average Bonchev–Trinajstić information content (AvgIpc) is 3.03. The number of halogens is 2. The molecule has 0 aliphatic rings. The standard InChI is InChI=1S/C14H8Cl2N2O3/c15-7-2-1-6(5-8(7)16)18-14(20)12-10-4-3-9(21-10)11(12)13(17)19/h1-5H,(H2,17,19)(H,18,20). The summed E-state index contributed by atoms with van der Waals surface area (Å²) >= 11 is 11.7. The van der Waals surface area contributed by atoms with Crippen LogP contribution in [0.4, 0.5) is 5.69 Å². The zero-order chi connectivity index (χ0) is 15.1. The fourth-order valence-electron chi connectivity index (χ4n) is 2.09. The Hall–Kier alpha value is -2.24. The normalized spacial score (nSPS) is 11.0. The minimum atomic E-state index is -0.719. The molecular formula is C14H8Cl2N2O3. The largest absolute Gasteiger partial charge is 0.456 e. The Kier molecular flexibility index (Phi) is 3.23. The third kappa shape index (κ3) is 2.30. The van der Waals surface area contributed by atoms with E-state index in [0.29, 0.717) is 21.3 Å². The van der Waals surface area contributed by atoms with Crippen molar-refractivity contribution in [3.8, 4) is 0 Å². The van der Waals surface area contributed by atoms with Crippen molar-refractivity contribution in [2.75, 3.05) is 5.32 Å². The monoisotopic (exact) mass is 322 g/mol. The van der Waals surface area contributed by atoms with E-state index < -0.39 is 11.8 Å². The number of fused-ring (bicyclic) bond motifs is 2. The number of hydrogen-bond donors (Lipinski definition) is 2. The first kappa shape index (κ1) is 13.7. The lowest BCUT2D eigenvalue weighted by Gasteiger charge is -2.06. The Balaban J connectivity index is 1.96. The molecule has 0 atom stereocenters. The van der Waals surface area contributed by atoms with Gasteiger partial charge in [0, 0.05) is 5.69 Å². The zero-order valence-electron chi connectivity index (χ0n) is 10.4. The summed E-state index contributed by atoms with van der Waals surface area (Å²) in [7, 11) is 0. The molecule has 7 heteroatoms. The molecule has 0 unspecified atom stereocenters. The molecule has 0 fully saturated rings. The summed E-state index contributed by atoms with van der Waals surface area (Å²) < 4.78 is 5.30. The van der Waals surface area contributed by atoms with Gasteiger partial charge < -0.3 is 15.5 Å². The van der Waals surface area contributed by atoms with Crippen LogP contribution in [0.15, 0.2) is 34.7 Å². The van der Waals surface area contributed by atoms with E-state index in [2.05, 4.69) is 5.32 Å². The lowest BCUT2D eigenvalue weighted by molar-refractivity contribution is 0.0980. The number of carbonyl (C=O) groups is 2. The molecule has 21 heavy (non-hydrogen) atoms. The zero-order valence-corrected chi connectivity index (χ0v) is 12.0. The van der Waals surface area contributed by atoms with E-state index in [0.717, 1.165) is 0 Å². The van der Waals surface area contributed by atoms with Gasteiger partial charge in [0.25, 0.3) is 11.8 Å². The number of anilines is 1. The van der Waals surface area contributed by atoms with Gasteiger partial charge in [-0.1, -0.05) is 23.2 Å². The highest BCUT2D eigenvalue weighted by molar-refractivity contribution is 6.42. The SMILES string of the molecule is NC(=O)c1c(C(=O)Nc2ccc(Cl)c(Cl)c2)c2ccc1o2. The van der Waals surface area contributed by atoms with E-state index in [1.165, 1.54) is 6.07 Å². The number of amides is 2. The summed E-state index contributed by atoms with van der Waals surface area (Å²) in [6, 6.07) is 7.85. The number of primary amides is 1. The van der Waals surface area contributed by atoms with Crippen LogP contribution in [0.3, 0.4) is 0 Å². The molecule has 3 rings (SSSR count). The van der Waals surface area contributed by atoms with Crippen molar-refractivity contribution in [2.45, 2.75) is 0 Å². The summed E-state index contributed by atoms with van der Waals surface area (Å²) in [4.78, 5) is 23.8. The first-order chi connectivity index (χ1) is 9.97. The first-order valence-electron chi connectivity index (χ1n) is 5.88. The van der Waals surface area contributed by atoms with Gasteiger partial charge in [-0.3, -0.25) is 9.59 Å². The van der Waals surface area contributed by atoms with Crippen molar-refractivity contribution in [3.05, 3.63) is 51.5 Å². The maximum absolute atomic E-state index is 12.3. The van der Waals surface area contributed by atoms with Gasteiger partial charge in [-0.05, 0) is 30.3 Å². The van der Waals surface area contributed by atoms with Gasteiger partial charge in [-0.25, -0.2) is 0 Å². The Morgan fingerprint density at radius 1 is 1.00 bits per heavy atom. The predicted octanol–water partition coefficient (Wildman–Crippen LogP) is 3.53. The summed E-state index contributed by atoms with van der Waals surface area (Å²) in [6.07, 6.45) is 0. The highest BCUT2D eigenvalue weighted by atomic mass is 35.5. The molecule has 3 N–H and O–H groups in total. The van der Waals surface area contributed by atoms with Crippen LogP contribution >= 0.6 is 23.2 Å². The molecule has 0 spiro atoms. The molecule has 2 heterocycles. The molecule has 2 amide bonds. The summed E-state index contributed by atoms with van der Waals surface area (Å²) in [5, 5.41) is 3.31. The number of rotatable bonds is 3. The van der Waals surface area contributed by atoms with Crippen LogP contribution in [0.5, 0.6) is 0 Å². The molecule has 0 radical (unpaired) electrons. The van der Waals surface area contributed by atoms with Crippen LogP contribution in [0.1, 0.15) is 20.7 Å². The van der Waals surface area contributed by atoms with Crippen LogP contribution < -0.4 is 11.1 Å². The van der Waals surface area contributed by atoms with Gasteiger partial charge in [-0.2, -0.15) is 0 Å².